The first-order valence-electron chi connectivity index (χ1n) is 7.23. The lowest BCUT2D eigenvalue weighted by Gasteiger charge is -2.45. The van der Waals surface area contributed by atoms with Gasteiger partial charge in [0, 0.05) is 18.5 Å². The number of hydrogen-bond donors (Lipinski definition) is 1. The summed E-state index contributed by atoms with van der Waals surface area (Å²) in [6.45, 7) is 4.57. The third kappa shape index (κ3) is 2.26. The van der Waals surface area contributed by atoms with Crippen LogP contribution < -0.4 is 4.74 Å². The first-order chi connectivity index (χ1) is 10.0. The van der Waals surface area contributed by atoms with Gasteiger partial charge in [0.05, 0.1) is 6.04 Å². The average molecular weight is 285 g/mol. The maximum atomic E-state index is 10.8. The van der Waals surface area contributed by atoms with Crippen LogP contribution in [0, 0.1) is 11.5 Å². The first-order valence-corrected chi connectivity index (χ1v) is 7.23. The predicted octanol–water partition coefficient (Wildman–Crippen LogP) is 2.23. The number of nitrogens with zero attached hydrogens (tertiary/aromatic N) is 3. The summed E-state index contributed by atoms with van der Waals surface area (Å²) in [4.78, 5) is 5.98. The quantitative estimate of drug-likeness (QED) is 0.803. The van der Waals surface area contributed by atoms with E-state index < -0.39 is 11.7 Å². The monoisotopic (exact) mass is 285 g/mol. The number of rotatable bonds is 1. The number of aliphatic hydroxyl groups excluding tert-OH is 1. The molecular weight excluding hydrogens is 266 g/mol. The van der Waals surface area contributed by atoms with Gasteiger partial charge in [0.15, 0.2) is 0 Å². The van der Waals surface area contributed by atoms with E-state index in [9.17, 15) is 5.11 Å². The minimum Gasteiger partial charge on any atom is -0.485 e. The minimum absolute atomic E-state index is 0.223. The highest BCUT2D eigenvalue weighted by Gasteiger charge is 2.46. The van der Waals surface area contributed by atoms with Gasteiger partial charge in [0.25, 0.3) is 0 Å². The normalized spacial score (nSPS) is 28.9. The largest absolute Gasteiger partial charge is 0.485 e. The molecule has 2 aliphatic heterocycles. The van der Waals surface area contributed by atoms with E-state index in [0.717, 1.165) is 36.5 Å². The zero-order valence-electron chi connectivity index (χ0n) is 12.3. The zero-order chi connectivity index (χ0) is 15.0. The molecule has 5 nitrogen and oxygen atoms in total. The number of para-hydroxylation sites is 1. The Morgan fingerprint density at radius 1 is 1.43 bits per heavy atom. The molecule has 5 heteroatoms. The lowest BCUT2D eigenvalue weighted by Crippen LogP contribution is -2.53. The van der Waals surface area contributed by atoms with Crippen LogP contribution in [-0.2, 0) is 0 Å². The molecule has 0 radical (unpaired) electrons. The summed E-state index contributed by atoms with van der Waals surface area (Å²) in [5.74, 6) is 1.55. The minimum atomic E-state index is -0.686. The van der Waals surface area contributed by atoms with Crippen molar-refractivity contribution in [2.24, 2.45) is 4.99 Å². The molecule has 0 aliphatic carbocycles. The van der Waals surface area contributed by atoms with E-state index in [0.29, 0.717) is 0 Å². The van der Waals surface area contributed by atoms with Gasteiger partial charge in [-0.25, -0.2) is 0 Å². The highest BCUT2D eigenvalue weighted by atomic mass is 16.5. The predicted molar refractivity (Wildman–Crippen MR) is 78.9 cm³/mol. The Morgan fingerprint density at radius 2 is 2.19 bits per heavy atom. The number of ether oxygens (including phenoxy) is 1. The lowest BCUT2D eigenvalue weighted by atomic mass is 9.85. The number of benzene rings is 1. The number of fused-ring (bicyclic) bond motifs is 1. The van der Waals surface area contributed by atoms with Gasteiger partial charge in [-0.3, -0.25) is 0 Å². The molecule has 2 unspecified atom stereocenters. The van der Waals surface area contributed by atoms with E-state index >= 15 is 0 Å². The second-order valence-corrected chi connectivity index (χ2v) is 6.06. The van der Waals surface area contributed by atoms with E-state index in [-0.39, 0.29) is 6.04 Å². The van der Waals surface area contributed by atoms with Crippen LogP contribution in [-0.4, -0.2) is 34.1 Å². The van der Waals surface area contributed by atoms with E-state index in [1.807, 2.05) is 44.3 Å². The smallest absolute Gasteiger partial charge is 0.207 e. The molecule has 21 heavy (non-hydrogen) atoms. The van der Waals surface area contributed by atoms with Crippen LogP contribution in [0.2, 0.25) is 0 Å². The number of aliphatic hydroxyl groups is 1. The van der Waals surface area contributed by atoms with Crippen molar-refractivity contribution in [3.63, 3.8) is 0 Å². The summed E-state index contributed by atoms with van der Waals surface area (Å²) in [6.07, 6.45) is 2.92. The molecule has 1 N–H and O–H groups in total. The highest BCUT2D eigenvalue weighted by Crippen LogP contribution is 2.44. The first kappa shape index (κ1) is 13.9. The van der Waals surface area contributed by atoms with Gasteiger partial charge < -0.3 is 14.7 Å². The maximum absolute atomic E-state index is 10.8. The number of amidine groups is 1. The number of likely N-dealkylation sites (tertiary alicyclic amines) is 1. The maximum Gasteiger partial charge on any atom is 0.207 e. The van der Waals surface area contributed by atoms with Gasteiger partial charge in [-0.2, -0.15) is 10.3 Å². The number of hydrogen-bond acceptors (Lipinski definition) is 4. The SMILES string of the molecule is CC1(C)Oc2ccccc2C(N2CCCC2=NC#N)C1O. The van der Waals surface area contributed by atoms with Crippen molar-refractivity contribution in [1.29, 1.82) is 5.26 Å². The fourth-order valence-electron chi connectivity index (χ4n) is 3.21. The van der Waals surface area contributed by atoms with Gasteiger partial charge in [-0.1, -0.05) is 18.2 Å². The van der Waals surface area contributed by atoms with Crippen molar-refractivity contribution in [2.45, 2.75) is 44.4 Å². The Hall–Kier alpha value is -2.06. The fourth-order valence-corrected chi connectivity index (χ4v) is 3.21. The molecule has 0 saturated carbocycles. The van der Waals surface area contributed by atoms with E-state index in [2.05, 4.69) is 9.89 Å². The Balaban J connectivity index is 2.08. The molecule has 3 rings (SSSR count). The molecule has 0 bridgehead atoms. The van der Waals surface area contributed by atoms with E-state index in [4.69, 9.17) is 10.00 Å². The van der Waals surface area contributed by atoms with Crippen LogP contribution in [0.5, 0.6) is 5.75 Å². The standard InChI is InChI=1S/C16H19N3O2/c1-16(2)15(20)14(11-6-3-4-7-12(11)21-16)19-9-5-8-13(19)18-10-17/h3-4,6-7,14-15,20H,5,8-9H2,1-2H3. The van der Waals surface area contributed by atoms with Crippen molar-refractivity contribution in [3.8, 4) is 11.9 Å². The molecule has 2 heterocycles. The topological polar surface area (TPSA) is 68.8 Å². The van der Waals surface area contributed by atoms with Crippen molar-refractivity contribution in [1.82, 2.24) is 4.90 Å². The molecule has 2 aliphatic rings. The summed E-state index contributed by atoms with van der Waals surface area (Å²) in [6, 6.07) is 7.54. The molecular formula is C16H19N3O2. The van der Waals surface area contributed by atoms with Crippen molar-refractivity contribution < 1.29 is 9.84 Å². The van der Waals surface area contributed by atoms with Crippen LogP contribution in [0.4, 0.5) is 0 Å². The fraction of sp³-hybridized carbons (Fsp3) is 0.500. The third-order valence-corrected chi connectivity index (χ3v) is 4.27. The summed E-state index contributed by atoms with van der Waals surface area (Å²) >= 11 is 0. The molecule has 110 valence electrons. The zero-order valence-corrected chi connectivity index (χ0v) is 12.3. The second kappa shape index (κ2) is 5.05. The molecule has 1 aromatic carbocycles. The summed E-state index contributed by atoms with van der Waals surface area (Å²) in [7, 11) is 0. The Bertz CT molecular complexity index is 618. The van der Waals surface area contributed by atoms with Gasteiger partial charge in [0.1, 0.15) is 23.3 Å². The molecule has 2 atom stereocenters. The molecule has 1 fully saturated rings. The second-order valence-electron chi connectivity index (χ2n) is 6.06. The van der Waals surface area contributed by atoms with Crippen LogP contribution in [0.25, 0.3) is 0 Å². The average Bonchev–Trinajstić information content (AvgIpc) is 2.88. The summed E-state index contributed by atoms with van der Waals surface area (Å²) in [5.41, 5.74) is 0.274. The van der Waals surface area contributed by atoms with E-state index in [1.54, 1.807) is 0 Å². The van der Waals surface area contributed by atoms with Gasteiger partial charge in [0.2, 0.25) is 6.19 Å². The number of aliphatic imine (C=N–C) groups is 1. The van der Waals surface area contributed by atoms with Crippen molar-refractivity contribution in [2.75, 3.05) is 6.54 Å². The van der Waals surface area contributed by atoms with Crippen LogP contribution in [0.15, 0.2) is 29.3 Å². The Labute approximate surface area is 124 Å². The van der Waals surface area contributed by atoms with Crippen molar-refractivity contribution in [3.05, 3.63) is 29.8 Å². The summed E-state index contributed by atoms with van der Waals surface area (Å²) < 4.78 is 5.94. The van der Waals surface area contributed by atoms with Crippen LogP contribution in [0.1, 0.15) is 38.3 Å². The van der Waals surface area contributed by atoms with Gasteiger partial charge in [-0.05, 0) is 26.3 Å². The third-order valence-electron chi connectivity index (χ3n) is 4.27. The molecule has 1 aromatic rings. The molecule has 0 spiro atoms. The van der Waals surface area contributed by atoms with Crippen LogP contribution >= 0.6 is 0 Å². The van der Waals surface area contributed by atoms with E-state index in [1.165, 1.54) is 0 Å². The van der Waals surface area contributed by atoms with Crippen LogP contribution in [0.3, 0.4) is 0 Å². The Morgan fingerprint density at radius 3 is 2.95 bits per heavy atom. The number of nitriles is 1. The molecule has 0 aromatic heterocycles. The summed E-state index contributed by atoms with van der Waals surface area (Å²) in [5, 5.41) is 19.6. The Kier molecular flexibility index (Phi) is 3.34. The lowest BCUT2D eigenvalue weighted by molar-refractivity contribution is -0.0802. The van der Waals surface area contributed by atoms with Gasteiger partial charge >= 0.3 is 0 Å². The molecule has 1 saturated heterocycles. The molecule has 0 amide bonds. The van der Waals surface area contributed by atoms with Crippen molar-refractivity contribution >= 4 is 5.84 Å². The van der Waals surface area contributed by atoms with Gasteiger partial charge in [-0.15, -0.1) is 0 Å². The highest BCUT2D eigenvalue weighted by molar-refractivity contribution is 5.85.